The smallest absolute Gasteiger partial charge is 0.173 e. The fraction of sp³-hybridized carbons (Fsp3) is 0.462. The van der Waals surface area contributed by atoms with E-state index in [2.05, 4.69) is 5.32 Å². The largest absolute Gasteiger partial charge is 0.316 e. The first-order valence-corrected chi connectivity index (χ1v) is 5.79. The molecule has 1 saturated heterocycles. The molecule has 1 N–H and O–H groups in total. The summed E-state index contributed by atoms with van der Waals surface area (Å²) in [5, 5.41) is 3.11. The van der Waals surface area contributed by atoms with Crippen LogP contribution in [-0.4, -0.2) is 18.9 Å². The van der Waals surface area contributed by atoms with Crippen molar-refractivity contribution >= 4 is 5.78 Å². The van der Waals surface area contributed by atoms with Gasteiger partial charge in [-0.15, -0.1) is 0 Å². The molecule has 92 valence electrons. The van der Waals surface area contributed by atoms with Gasteiger partial charge in [0.2, 0.25) is 0 Å². The lowest BCUT2D eigenvalue weighted by Crippen LogP contribution is -2.33. The molecular weight excluding hydrogens is 224 g/mol. The van der Waals surface area contributed by atoms with E-state index in [-0.39, 0.29) is 11.3 Å². The molecule has 1 unspecified atom stereocenters. The Balaban J connectivity index is 2.39. The van der Waals surface area contributed by atoms with Gasteiger partial charge in [-0.25, -0.2) is 8.78 Å². The number of carbonyl (C=O) groups excluding carboxylic acids is 1. The summed E-state index contributed by atoms with van der Waals surface area (Å²) in [5.41, 5.74) is -0.704. The van der Waals surface area contributed by atoms with E-state index in [9.17, 15) is 13.6 Å². The van der Waals surface area contributed by atoms with E-state index in [4.69, 9.17) is 0 Å². The Kier molecular flexibility index (Phi) is 3.24. The summed E-state index contributed by atoms with van der Waals surface area (Å²) in [6, 6.07) is 3.03. The maximum absolute atomic E-state index is 13.6. The molecule has 1 atom stereocenters. The Labute approximate surface area is 99.0 Å². The second kappa shape index (κ2) is 4.53. The summed E-state index contributed by atoms with van der Waals surface area (Å²) in [5.74, 6) is -1.51. The summed E-state index contributed by atoms with van der Waals surface area (Å²) in [6.45, 7) is 3.19. The van der Waals surface area contributed by atoms with Gasteiger partial charge in [0.15, 0.2) is 5.78 Å². The van der Waals surface area contributed by atoms with Gasteiger partial charge in [0.1, 0.15) is 11.6 Å². The van der Waals surface area contributed by atoms with Gasteiger partial charge in [0.25, 0.3) is 0 Å². The first kappa shape index (κ1) is 12.2. The van der Waals surface area contributed by atoms with Gasteiger partial charge < -0.3 is 5.32 Å². The average Bonchev–Trinajstić information content (AvgIpc) is 2.81. The van der Waals surface area contributed by atoms with E-state index in [1.165, 1.54) is 0 Å². The van der Waals surface area contributed by atoms with Gasteiger partial charge in [0.05, 0.1) is 5.56 Å². The molecule has 1 aliphatic heterocycles. The molecule has 1 aliphatic rings. The van der Waals surface area contributed by atoms with E-state index in [0.717, 1.165) is 24.7 Å². The predicted molar refractivity (Wildman–Crippen MR) is 60.9 cm³/mol. The van der Waals surface area contributed by atoms with Crippen molar-refractivity contribution in [2.75, 3.05) is 13.1 Å². The molecule has 0 amide bonds. The van der Waals surface area contributed by atoms with Crippen molar-refractivity contribution in [2.24, 2.45) is 5.41 Å². The van der Waals surface area contributed by atoms with Crippen LogP contribution in [0.2, 0.25) is 0 Å². The third-order valence-electron chi connectivity index (χ3n) is 3.58. The van der Waals surface area contributed by atoms with Crippen LogP contribution < -0.4 is 5.32 Å². The molecule has 0 aliphatic carbocycles. The molecule has 2 nitrogen and oxygen atoms in total. The molecule has 0 saturated carbocycles. The molecule has 2 rings (SSSR count). The molecule has 0 radical (unpaired) electrons. The van der Waals surface area contributed by atoms with Gasteiger partial charge >= 0.3 is 0 Å². The number of nitrogens with one attached hydrogen (secondary N) is 1. The molecule has 1 fully saturated rings. The first-order chi connectivity index (χ1) is 8.09. The normalized spacial score (nSPS) is 23.9. The van der Waals surface area contributed by atoms with Crippen LogP contribution in [0.3, 0.4) is 0 Å². The summed E-state index contributed by atoms with van der Waals surface area (Å²) >= 11 is 0. The monoisotopic (exact) mass is 239 g/mol. The minimum atomic E-state index is -0.642. The second-order valence-corrected chi connectivity index (χ2v) is 4.51. The topological polar surface area (TPSA) is 29.1 Å². The predicted octanol–water partition coefficient (Wildman–Crippen LogP) is 2.54. The molecule has 1 aromatic rings. The standard InChI is InChI=1S/C13H15F2NO/c1-2-13(5-6-16-8-13)12(17)10-7-9(14)3-4-11(10)15/h3-4,7,16H,2,5-6,8H2,1H3. The van der Waals surface area contributed by atoms with Crippen LogP contribution in [0.15, 0.2) is 18.2 Å². The highest BCUT2D eigenvalue weighted by molar-refractivity contribution is 6.01. The third-order valence-corrected chi connectivity index (χ3v) is 3.58. The molecule has 4 heteroatoms. The maximum atomic E-state index is 13.6. The average molecular weight is 239 g/mol. The van der Waals surface area contributed by atoms with Crippen LogP contribution in [0.25, 0.3) is 0 Å². The minimum absolute atomic E-state index is 0.129. The van der Waals surface area contributed by atoms with Gasteiger partial charge in [-0.05, 0) is 37.6 Å². The van der Waals surface area contributed by atoms with E-state index >= 15 is 0 Å². The molecule has 1 aromatic carbocycles. The lowest BCUT2D eigenvalue weighted by atomic mass is 9.77. The Morgan fingerprint density at radius 3 is 2.82 bits per heavy atom. The van der Waals surface area contributed by atoms with E-state index in [0.29, 0.717) is 19.4 Å². The second-order valence-electron chi connectivity index (χ2n) is 4.51. The highest BCUT2D eigenvalue weighted by Gasteiger charge is 2.40. The zero-order chi connectivity index (χ0) is 12.5. The van der Waals surface area contributed by atoms with E-state index in [1.54, 1.807) is 0 Å². The van der Waals surface area contributed by atoms with Crippen molar-refractivity contribution in [3.63, 3.8) is 0 Å². The van der Waals surface area contributed by atoms with E-state index < -0.39 is 17.0 Å². The van der Waals surface area contributed by atoms with Gasteiger partial charge in [-0.2, -0.15) is 0 Å². The zero-order valence-corrected chi connectivity index (χ0v) is 9.72. The Hall–Kier alpha value is -1.29. The molecule has 0 aromatic heterocycles. The first-order valence-electron chi connectivity index (χ1n) is 5.79. The number of hydrogen-bond donors (Lipinski definition) is 1. The zero-order valence-electron chi connectivity index (χ0n) is 9.72. The Bertz CT molecular complexity index is 439. The van der Waals surface area contributed by atoms with Crippen molar-refractivity contribution in [2.45, 2.75) is 19.8 Å². The van der Waals surface area contributed by atoms with Crippen molar-refractivity contribution in [3.05, 3.63) is 35.4 Å². The quantitative estimate of drug-likeness (QED) is 0.821. The van der Waals surface area contributed by atoms with Crippen LogP contribution in [0.5, 0.6) is 0 Å². The van der Waals surface area contributed by atoms with Crippen LogP contribution >= 0.6 is 0 Å². The summed E-state index contributed by atoms with van der Waals surface area (Å²) in [7, 11) is 0. The third kappa shape index (κ3) is 2.09. The number of halogens is 2. The van der Waals surface area contributed by atoms with Crippen LogP contribution in [0.4, 0.5) is 8.78 Å². The number of benzene rings is 1. The maximum Gasteiger partial charge on any atom is 0.173 e. The fourth-order valence-corrected chi connectivity index (χ4v) is 2.36. The number of ketones is 1. The van der Waals surface area contributed by atoms with Crippen LogP contribution in [-0.2, 0) is 0 Å². The molecule has 0 spiro atoms. The van der Waals surface area contributed by atoms with Crippen LogP contribution in [0, 0.1) is 17.0 Å². The van der Waals surface area contributed by atoms with Crippen molar-refractivity contribution in [1.29, 1.82) is 0 Å². The lowest BCUT2D eigenvalue weighted by molar-refractivity contribution is 0.0805. The number of hydrogen-bond acceptors (Lipinski definition) is 2. The molecule has 0 bridgehead atoms. The Morgan fingerprint density at radius 1 is 1.47 bits per heavy atom. The molecule has 17 heavy (non-hydrogen) atoms. The van der Waals surface area contributed by atoms with Crippen molar-refractivity contribution in [3.8, 4) is 0 Å². The lowest BCUT2D eigenvalue weighted by Gasteiger charge is -2.25. The highest BCUT2D eigenvalue weighted by Crippen LogP contribution is 2.34. The number of carbonyl (C=O) groups is 1. The van der Waals surface area contributed by atoms with E-state index in [1.807, 2.05) is 6.92 Å². The van der Waals surface area contributed by atoms with Crippen molar-refractivity contribution < 1.29 is 13.6 Å². The van der Waals surface area contributed by atoms with Gasteiger partial charge in [-0.3, -0.25) is 4.79 Å². The van der Waals surface area contributed by atoms with Gasteiger partial charge in [-0.1, -0.05) is 6.92 Å². The Morgan fingerprint density at radius 2 is 2.24 bits per heavy atom. The molecular formula is C13H15F2NO. The SMILES string of the molecule is CCC1(C(=O)c2cc(F)ccc2F)CCNC1. The molecule has 1 heterocycles. The summed E-state index contributed by atoms with van der Waals surface area (Å²) in [6.07, 6.45) is 1.31. The van der Waals surface area contributed by atoms with Crippen molar-refractivity contribution in [1.82, 2.24) is 5.32 Å². The summed E-state index contributed by atoms with van der Waals surface area (Å²) < 4.78 is 26.7. The minimum Gasteiger partial charge on any atom is -0.316 e. The number of Topliss-reactive ketones (excluding diaryl/α,β-unsaturated/α-hetero) is 1. The fourth-order valence-electron chi connectivity index (χ4n) is 2.36. The van der Waals surface area contributed by atoms with Gasteiger partial charge in [0, 0.05) is 12.0 Å². The summed E-state index contributed by atoms with van der Waals surface area (Å²) in [4.78, 5) is 12.3. The van der Waals surface area contributed by atoms with Crippen LogP contribution in [0.1, 0.15) is 30.1 Å². The number of rotatable bonds is 3. The highest BCUT2D eigenvalue weighted by atomic mass is 19.1.